The van der Waals surface area contributed by atoms with E-state index in [0.29, 0.717) is 6.10 Å². The second-order valence-corrected chi connectivity index (χ2v) is 4.67. The van der Waals surface area contributed by atoms with Gasteiger partial charge >= 0.3 is 0 Å². The lowest BCUT2D eigenvalue weighted by Gasteiger charge is -2.21. The Morgan fingerprint density at radius 1 is 1.00 bits per heavy atom. The van der Waals surface area contributed by atoms with Crippen molar-refractivity contribution in [2.75, 3.05) is 26.2 Å². The van der Waals surface area contributed by atoms with Crippen LogP contribution in [0.3, 0.4) is 0 Å². The largest absolute Gasteiger partial charge is 0.372 e. The number of hydrogen-bond donors (Lipinski definition) is 0. The minimum Gasteiger partial charge on any atom is -0.372 e. The van der Waals surface area contributed by atoms with E-state index in [4.69, 9.17) is 4.74 Å². The van der Waals surface area contributed by atoms with Gasteiger partial charge in [0.2, 0.25) is 0 Å². The Labute approximate surface area is 95.0 Å². The molecule has 90 valence electrons. The van der Waals surface area contributed by atoms with Gasteiger partial charge in [-0.1, -0.05) is 39.5 Å². The highest BCUT2D eigenvalue weighted by molar-refractivity contribution is 4.74. The number of hydrogen-bond acceptors (Lipinski definition) is 2. The van der Waals surface area contributed by atoms with Gasteiger partial charge in [-0.15, -0.1) is 0 Å². The molecule has 0 spiro atoms. The Balaban J connectivity index is 2.06. The average Bonchev–Trinajstić information content (AvgIpc) is 3.02. The first-order valence-electron chi connectivity index (χ1n) is 6.70. The predicted octanol–water partition coefficient (Wildman–Crippen LogP) is 3.07. The number of nitrogens with zero attached hydrogens (tertiary/aromatic N) is 1. The van der Waals surface area contributed by atoms with Crippen LogP contribution in [0, 0.1) is 0 Å². The molecular weight excluding hydrogens is 186 g/mol. The predicted molar refractivity (Wildman–Crippen MR) is 65.2 cm³/mol. The van der Waals surface area contributed by atoms with Crippen molar-refractivity contribution in [3.8, 4) is 0 Å². The van der Waals surface area contributed by atoms with Crippen LogP contribution >= 0.6 is 0 Å². The standard InChI is InChI=1S/C13H27NO/c1-3-5-7-9-14(10-8-6-4-2)11-13-12-15-13/h13H,3-12H2,1-2H3. The lowest BCUT2D eigenvalue weighted by molar-refractivity contribution is 0.233. The Kier molecular flexibility index (Phi) is 7.03. The molecule has 0 aromatic heterocycles. The van der Waals surface area contributed by atoms with E-state index < -0.39 is 0 Å². The number of epoxide rings is 1. The van der Waals surface area contributed by atoms with Gasteiger partial charge in [0.25, 0.3) is 0 Å². The Hall–Kier alpha value is -0.0800. The van der Waals surface area contributed by atoms with E-state index in [1.807, 2.05) is 0 Å². The molecule has 0 radical (unpaired) electrons. The first-order chi connectivity index (χ1) is 7.36. The van der Waals surface area contributed by atoms with E-state index in [2.05, 4.69) is 18.7 Å². The van der Waals surface area contributed by atoms with Crippen LogP contribution in [0.4, 0.5) is 0 Å². The summed E-state index contributed by atoms with van der Waals surface area (Å²) in [7, 11) is 0. The number of ether oxygens (including phenoxy) is 1. The van der Waals surface area contributed by atoms with Crippen molar-refractivity contribution in [2.24, 2.45) is 0 Å². The minimum atomic E-state index is 0.563. The molecule has 2 nitrogen and oxygen atoms in total. The molecule has 0 aromatic rings. The molecule has 0 bridgehead atoms. The Bertz CT molecular complexity index is 135. The normalized spacial score (nSPS) is 19.8. The molecule has 2 heteroatoms. The van der Waals surface area contributed by atoms with Gasteiger partial charge in [0.05, 0.1) is 12.7 Å². The Morgan fingerprint density at radius 2 is 1.53 bits per heavy atom. The fraction of sp³-hybridized carbons (Fsp3) is 1.00. The van der Waals surface area contributed by atoms with E-state index in [-0.39, 0.29) is 0 Å². The van der Waals surface area contributed by atoms with Gasteiger partial charge in [0.1, 0.15) is 0 Å². The second kappa shape index (κ2) is 8.12. The van der Waals surface area contributed by atoms with Gasteiger partial charge in [-0.2, -0.15) is 0 Å². The molecule has 1 unspecified atom stereocenters. The van der Waals surface area contributed by atoms with Crippen molar-refractivity contribution in [3.63, 3.8) is 0 Å². The van der Waals surface area contributed by atoms with E-state index in [9.17, 15) is 0 Å². The van der Waals surface area contributed by atoms with Crippen molar-refractivity contribution >= 4 is 0 Å². The van der Waals surface area contributed by atoms with E-state index in [1.54, 1.807) is 0 Å². The van der Waals surface area contributed by atoms with Gasteiger partial charge in [0.15, 0.2) is 0 Å². The third kappa shape index (κ3) is 6.91. The summed E-state index contributed by atoms with van der Waals surface area (Å²) in [5, 5.41) is 0. The lowest BCUT2D eigenvalue weighted by Crippen LogP contribution is -2.30. The fourth-order valence-corrected chi connectivity index (χ4v) is 1.93. The molecule has 1 aliphatic rings. The molecule has 15 heavy (non-hydrogen) atoms. The maximum atomic E-state index is 5.31. The summed E-state index contributed by atoms with van der Waals surface area (Å²) in [6.07, 6.45) is 8.66. The zero-order valence-electron chi connectivity index (χ0n) is 10.5. The minimum absolute atomic E-state index is 0.563. The summed E-state index contributed by atoms with van der Waals surface area (Å²) >= 11 is 0. The highest BCUT2D eigenvalue weighted by atomic mass is 16.6. The molecule has 0 amide bonds. The summed E-state index contributed by atoms with van der Waals surface area (Å²) < 4.78 is 5.31. The van der Waals surface area contributed by atoms with Crippen molar-refractivity contribution in [1.29, 1.82) is 0 Å². The summed E-state index contributed by atoms with van der Waals surface area (Å²) in [6, 6.07) is 0. The molecule has 1 aliphatic heterocycles. The van der Waals surface area contributed by atoms with E-state index in [0.717, 1.165) is 6.61 Å². The first-order valence-corrected chi connectivity index (χ1v) is 6.70. The SMILES string of the molecule is CCCCCN(CCCCC)CC1CO1. The second-order valence-electron chi connectivity index (χ2n) is 4.67. The molecule has 0 aromatic carbocycles. The topological polar surface area (TPSA) is 15.8 Å². The monoisotopic (exact) mass is 213 g/mol. The zero-order chi connectivity index (χ0) is 10.9. The molecular formula is C13H27NO. The molecule has 1 saturated heterocycles. The zero-order valence-corrected chi connectivity index (χ0v) is 10.5. The molecule has 0 aliphatic carbocycles. The maximum absolute atomic E-state index is 5.31. The molecule has 1 atom stereocenters. The fourth-order valence-electron chi connectivity index (χ4n) is 1.93. The number of rotatable bonds is 10. The van der Waals surface area contributed by atoms with Crippen molar-refractivity contribution < 1.29 is 4.74 Å². The van der Waals surface area contributed by atoms with Crippen LogP contribution in [0.2, 0.25) is 0 Å². The van der Waals surface area contributed by atoms with Gasteiger partial charge in [-0.25, -0.2) is 0 Å². The summed E-state index contributed by atoms with van der Waals surface area (Å²) in [5.41, 5.74) is 0. The first kappa shape index (κ1) is 13.0. The Morgan fingerprint density at radius 3 is 1.93 bits per heavy atom. The molecule has 1 rings (SSSR count). The molecule has 1 heterocycles. The van der Waals surface area contributed by atoms with Crippen LogP contribution in [0.25, 0.3) is 0 Å². The van der Waals surface area contributed by atoms with Gasteiger partial charge < -0.3 is 9.64 Å². The molecule has 0 saturated carbocycles. The van der Waals surface area contributed by atoms with E-state index in [1.165, 1.54) is 58.2 Å². The summed E-state index contributed by atoms with van der Waals surface area (Å²) in [4.78, 5) is 2.60. The van der Waals surface area contributed by atoms with Gasteiger partial charge in [-0.3, -0.25) is 0 Å². The van der Waals surface area contributed by atoms with Gasteiger partial charge in [0, 0.05) is 6.54 Å². The summed E-state index contributed by atoms with van der Waals surface area (Å²) in [6.45, 7) is 9.26. The highest BCUT2D eigenvalue weighted by Crippen LogP contribution is 2.12. The van der Waals surface area contributed by atoms with Crippen molar-refractivity contribution in [2.45, 2.75) is 58.5 Å². The lowest BCUT2D eigenvalue weighted by atomic mass is 10.2. The third-order valence-electron chi connectivity index (χ3n) is 3.02. The van der Waals surface area contributed by atoms with Crippen LogP contribution in [-0.2, 0) is 4.74 Å². The van der Waals surface area contributed by atoms with Crippen LogP contribution in [0.15, 0.2) is 0 Å². The average molecular weight is 213 g/mol. The highest BCUT2D eigenvalue weighted by Gasteiger charge is 2.24. The maximum Gasteiger partial charge on any atom is 0.0936 e. The van der Waals surface area contributed by atoms with Crippen LogP contribution in [0.5, 0.6) is 0 Å². The quantitative estimate of drug-likeness (QED) is 0.409. The van der Waals surface area contributed by atoms with Crippen LogP contribution in [0.1, 0.15) is 52.4 Å². The van der Waals surface area contributed by atoms with E-state index >= 15 is 0 Å². The third-order valence-corrected chi connectivity index (χ3v) is 3.02. The smallest absolute Gasteiger partial charge is 0.0936 e. The summed E-state index contributed by atoms with van der Waals surface area (Å²) in [5.74, 6) is 0. The molecule has 1 fully saturated rings. The number of unbranched alkanes of at least 4 members (excludes halogenated alkanes) is 4. The van der Waals surface area contributed by atoms with Gasteiger partial charge in [-0.05, 0) is 25.9 Å². The molecule has 0 N–H and O–H groups in total. The van der Waals surface area contributed by atoms with Crippen molar-refractivity contribution in [3.05, 3.63) is 0 Å². The van der Waals surface area contributed by atoms with Crippen molar-refractivity contribution in [1.82, 2.24) is 4.90 Å². The van der Waals surface area contributed by atoms with Crippen LogP contribution in [-0.4, -0.2) is 37.2 Å². The van der Waals surface area contributed by atoms with Crippen LogP contribution < -0.4 is 0 Å².